The zero-order valence-electron chi connectivity index (χ0n) is 17.6. The number of anilines is 1. The zero-order valence-corrected chi connectivity index (χ0v) is 17.6. The van der Waals surface area contributed by atoms with Crippen molar-refractivity contribution in [1.29, 1.82) is 0 Å². The van der Waals surface area contributed by atoms with Gasteiger partial charge in [0.05, 0.1) is 28.3 Å². The van der Waals surface area contributed by atoms with Crippen molar-refractivity contribution in [3.8, 4) is 0 Å². The number of nitrogens with one attached hydrogen (secondary N) is 1. The third-order valence-electron chi connectivity index (χ3n) is 5.61. The first-order valence-electron chi connectivity index (χ1n) is 9.91. The van der Waals surface area contributed by atoms with Crippen LogP contribution in [-0.2, 0) is 19.8 Å². The van der Waals surface area contributed by atoms with E-state index in [-0.39, 0.29) is 5.69 Å². The Kier molecular flexibility index (Phi) is 4.99. The number of aromatic nitrogens is 4. The van der Waals surface area contributed by atoms with E-state index in [1.54, 1.807) is 29.2 Å². The Morgan fingerprint density at radius 3 is 2.48 bits per heavy atom. The Labute approximate surface area is 176 Å². The smallest absolute Gasteiger partial charge is 0.362 e. The average molecular weight is 429 g/mol. The van der Waals surface area contributed by atoms with Gasteiger partial charge in [0.2, 0.25) is 0 Å². The van der Waals surface area contributed by atoms with Crippen molar-refractivity contribution in [3.63, 3.8) is 0 Å². The van der Waals surface area contributed by atoms with Crippen molar-refractivity contribution >= 4 is 27.6 Å². The van der Waals surface area contributed by atoms with Crippen LogP contribution in [0, 0.1) is 6.92 Å². The van der Waals surface area contributed by atoms with Gasteiger partial charge in [-0.2, -0.15) is 18.3 Å². The van der Waals surface area contributed by atoms with E-state index in [2.05, 4.69) is 15.5 Å². The molecule has 1 unspecified atom stereocenters. The molecule has 0 bridgehead atoms. The summed E-state index contributed by atoms with van der Waals surface area (Å²) in [5.41, 5.74) is 1.93. The van der Waals surface area contributed by atoms with Crippen LogP contribution in [0.4, 0.5) is 19.0 Å². The summed E-state index contributed by atoms with van der Waals surface area (Å²) in [5, 5.41) is 13.2. The maximum Gasteiger partial charge on any atom is 0.416 e. The molecule has 1 atom stereocenters. The molecule has 162 valence electrons. The third kappa shape index (κ3) is 3.54. The molecule has 0 aliphatic heterocycles. The molecule has 0 spiro atoms. The van der Waals surface area contributed by atoms with Gasteiger partial charge in [-0.15, -0.1) is 5.10 Å². The van der Waals surface area contributed by atoms with E-state index in [0.717, 1.165) is 33.9 Å². The Morgan fingerprint density at radius 2 is 1.81 bits per heavy atom. The molecule has 31 heavy (non-hydrogen) atoms. The zero-order chi connectivity index (χ0) is 22.5. The summed E-state index contributed by atoms with van der Waals surface area (Å²) in [6.45, 7) is 6.01. The fourth-order valence-electron chi connectivity index (χ4n) is 3.86. The van der Waals surface area contributed by atoms with Gasteiger partial charge in [0.15, 0.2) is 5.82 Å². The lowest BCUT2D eigenvalue weighted by molar-refractivity contribution is -0.137. The Hall–Kier alpha value is -3.36. The predicted molar refractivity (Wildman–Crippen MR) is 114 cm³/mol. The van der Waals surface area contributed by atoms with Crippen molar-refractivity contribution in [2.75, 3.05) is 5.32 Å². The number of alkyl halides is 3. The molecule has 0 saturated heterocycles. The maximum absolute atomic E-state index is 13.1. The first-order valence-corrected chi connectivity index (χ1v) is 9.91. The number of nitrogens with zero attached hydrogens (tertiary/aromatic N) is 4. The Morgan fingerprint density at radius 1 is 1.10 bits per heavy atom. The van der Waals surface area contributed by atoms with E-state index in [1.807, 2.05) is 26.0 Å². The van der Waals surface area contributed by atoms with Gasteiger partial charge in [-0.1, -0.05) is 12.1 Å². The number of fused-ring (bicyclic) bond motifs is 2. The van der Waals surface area contributed by atoms with Crippen molar-refractivity contribution in [2.45, 2.75) is 39.5 Å². The second kappa shape index (κ2) is 7.40. The SMILES string of the molecule is CCn1c(=O)n(C)c2cc3c(C)nnc(NC(C)c4cccc(C(F)(F)F)c4)c3cc21. The standard InChI is InChI=1S/C22H22F3N5O/c1-5-30-19-11-17-16(10-18(19)29(4)21(30)31)13(3)27-28-20(17)26-12(2)14-7-6-8-15(9-14)22(23,24)25/h6-12H,5H2,1-4H3,(H,26,28). The first-order chi connectivity index (χ1) is 14.6. The topological polar surface area (TPSA) is 64.7 Å². The van der Waals surface area contributed by atoms with Crippen LogP contribution in [0.25, 0.3) is 21.8 Å². The Balaban J connectivity index is 1.83. The molecule has 9 heteroatoms. The van der Waals surface area contributed by atoms with Crippen LogP contribution in [0.15, 0.2) is 41.2 Å². The van der Waals surface area contributed by atoms with Gasteiger partial charge in [0, 0.05) is 24.4 Å². The second-order valence-electron chi connectivity index (χ2n) is 7.60. The minimum atomic E-state index is -4.41. The second-order valence-corrected chi connectivity index (χ2v) is 7.60. The quantitative estimate of drug-likeness (QED) is 0.506. The van der Waals surface area contributed by atoms with Gasteiger partial charge in [-0.3, -0.25) is 9.13 Å². The highest BCUT2D eigenvalue weighted by Crippen LogP contribution is 2.33. The highest BCUT2D eigenvalue weighted by Gasteiger charge is 2.30. The van der Waals surface area contributed by atoms with E-state index in [9.17, 15) is 18.0 Å². The molecule has 0 fully saturated rings. The van der Waals surface area contributed by atoms with Gasteiger partial charge in [0.1, 0.15) is 0 Å². The van der Waals surface area contributed by atoms with Gasteiger partial charge < -0.3 is 5.32 Å². The van der Waals surface area contributed by atoms with Crippen LogP contribution in [0.1, 0.15) is 36.7 Å². The number of hydrogen-bond donors (Lipinski definition) is 1. The minimum absolute atomic E-state index is 0.113. The molecule has 0 radical (unpaired) electrons. The summed E-state index contributed by atoms with van der Waals surface area (Å²) in [6.07, 6.45) is -4.41. The average Bonchev–Trinajstić information content (AvgIpc) is 2.97. The van der Waals surface area contributed by atoms with Crippen molar-refractivity contribution < 1.29 is 13.2 Å². The van der Waals surface area contributed by atoms with Crippen LogP contribution in [0.2, 0.25) is 0 Å². The summed E-state index contributed by atoms with van der Waals surface area (Å²) in [6, 6.07) is 8.56. The molecule has 2 aromatic carbocycles. The lowest BCUT2D eigenvalue weighted by Crippen LogP contribution is -2.21. The summed E-state index contributed by atoms with van der Waals surface area (Å²) in [5.74, 6) is 0.450. The molecule has 4 aromatic rings. The number of benzene rings is 2. The largest absolute Gasteiger partial charge is 0.416 e. The number of imidazole rings is 1. The lowest BCUT2D eigenvalue weighted by atomic mass is 10.0. The van der Waals surface area contributed by atoms with E-state index in [4.69, 9.17) is 0 Å². The number of rotatable bonds is 4. The van der Waals surface area contributed by atoms with Gasteiger partial charge in [-0.25, -0.2) is 4.79 Å². The number of halogens is 3. The molecule has 2 heterocycles. The highest BCUT2D eigenvalue weighted by molar-refractivity contribution is 6.01. The summed E-state index contributed by atoms with van der Waals surface area (Å²) in [4.78, 5) is 12.5. The minimum Gasteiger partial charge on any atom is -0.362 e. The summed E-state index contributed by atoms with van der Waals surface area (Å²) in [7, 11) is 1.72. The van der Waals surface area contributed by atoms with Crippen LogP contribution >= 0.6 is 0 Å². The Bertz CT molecular complexity index is 1350. The highest BCUT2D eigenvalue weighted by atomic mass is 19.4. The third-order valence-corrected chi connectivity index (χ3v) is 5.61. The van der Waals surface area contributed by atoms with Gasteiger partial charge in [0.25, 0.3) is 0 Å². The first kappa shape index (κ1) is 20.9. The van der Waals surface area contributed by atoms with Crippen molar-refractivity contribution in [2.24, 2.45) is 7.05 Å². The lowest BCUT2D eigenvalue weighted by Gasteiger charge is -2.18. The monoisotopic (exact) mass is 429 g/mol. The molecule has 0 amide bonds. The molecular formula is C22H22F3N5O. The number of aryl methyl sites for hydroxylation is 3. The molecule has 0 aliphatic carbocycles. The normalized spacial score (nSPS) is 13.1. The molecule has 2 aromatic heterocycles. The fraction of sp³-hybridized carbons (Fsp3) is 0.318. The predicted octanol–water partition coefficient (Wildman–Crippen LogP) is 4.80. The van der Waals surface area contributed by atoms with E-state index >= 15 is 0 Å². The van der Waals surface area contributed by atoms with E-state index in [0.29, 0.717) is 23.6 Å². The molecule has 6 nitrogen and oxygen atoms in total. The molecule has 4 rings (SSSR count). The molecule has 1 N–H and O–H groups in total. The van der Waals surface area contributed by atoms with Crippen LogP contribution < -0.4 is 11.0 Å². The number of hydrogen-bond acceptors (Lipinski definition) is 4. The van der Waals surface area contributed by atoms with Crippen molar-refractivity contribution in [1.82, 2.24) is 19.3 Å². The summed E-state index contributed by atoms with van der Waals surface area (Å²) >= 11 is 0. The fourth-order valence-corrected chi connectivity index (χ4v) is 3.86. The van der Waals surface area contributed by atoms with Crippen LogP contribution in [0.3, 0.4) is 0 Å². The maximum atomic E-state index is 13.1. The van der Waals surface area contributed by atoms with Crippen LogP contribution in [-0.4, -0.2) is 19.3 Å². The van der Waals surface area contributed by atoms with E-state index in [1.165, 1.54) is 6.07 Å². The van der Waals surface area contributed by atoms with E-state index < -0.39 is 17.8 Å². The van der Waals surface area contributed by atoms with Crippen LogP contribution in [0.5, 0.6) is 0 Å². The molecular weight excluding hydrogens is 407 g/mol. The van der Waals surface area contributed by atoms with Crippen molar-refractivity contribution in [3.05, 3.63) is 63.7 Å². The molecule has 0 saturated carbocycles. The summed E-state index contributed by atoms with van der Waals surface area (Å²) < 4.78 is 42.5. The van der Waals surface area contributed by atoms with Gasteiger partial charge >= 0.3 is 11.9 Å². The molecule has 0 aliphatic rings. The van der Waals surface area contributed by atoms with Gasteiger partial charge in [-0.05, 0) is 50.6 Å².